The Morgan fingerprint density at radius 3 is 2.12 bits per heavy atom. The molecule has 130 valence electrons. The number of carbonyl (C=O) groups is 2. The molecule has 1 saturated heterocycles. The molecular weight excluding hydrogens is 348 g/mol. The molecular formula is C19H16N4O2S. The second kappa shape index (κ2) is 5.89. The summed E-state index contributed by atoms with van der Waals surface area (Å²) in [6, 6.07) is 15.2. The van der Waals surface area contributed by atoms with Gasteiger partial charge in [-0.05, 0) is 35.8 Å². The zero-order chi connectivity index (χ0) is 17.7. The molecule has 0 aliphatic carbocycles. The fourth-order valence-electron chi connectivity index (χ4n) is 3.64. The molecule has 0 atom stereocenters. The fourth-order valence-corrected chi connectivity index (χ4v) is 4.44. The number of benzene rings is 2. The Kier molecular flexibility index (Phi) is 3.51. The fraction of sp³-hybridized carbons (Fsp3) is 0.211. The van der Waals surface area contributed by atoms with Gasteiger partial charge in [-0.25, -0.2) is 10.0 Å². The van der Waals surface area contributed by atoms with Gasteiger partial charge in [0.25, 0.3) is 11.8 Å². The number of hydrogen-bond acceptors (Lipinski definition) is 6. The minimum Gasteiger partial charge on any atom is -0.353 e. The van der Waals surface area contributed by atoms with E-state index in [0.29, 0.717) is 24.2 Å². The first-order chi connectivity index (χ1) is 12.7. The summed E-state index contributed by atoms with van der Waals surface area (Å²) in [6.45, 7) is 2.66. The van der Waals surface area contributed by atoms with Crippen LogP contribution in [0, 0.1) is 0 Å². The predicted molar refractivity (Wildman–Crippen MR) is 100 cm³/mol. The highest BCUT2D eigenvalue weighted by Crippen LogP contribution is 2.31. The van der Waals surface area contributed by atoms with Gasteiger partial charge in [0.05, 0.1) is 15.8 Å². The van der Waals surface area contributed by atoms with Crippen LogP contribution in [0.5, 0.6) is 0 Å². The van der Waals surface area contributed by atoms with E-state index in [2.05, 4.69) is 21.4 Å². The van der Waals surface area contributed by atoms with Crippen LogP contribution in [-0.4, -0.2) is 52.4 Å². The minimum atomic E-state index is -0.224. The van der Waals surface area contributed by atoms with Crippen LogP contribution in [0.4, 0.5) is 5.82 Å². The molecule has 7 heteroatoms. The lowest BCUT2D eigenvalue weighted by molar-refractivity contribution is -0.000909. The second-order valence-corrected chi connectivity index (χ2v) is 7.22. The van der Waals surface area contributed by atoms with Gasteiger partial charge in [0, 0.05) is 31.6 Å². The van der Waals surface area contributed by atoms with E-state index in [1.165, 1.54) is 21.2 Å². The number of hydrogen-bond donors (Lipinski definition) is 0. The van der Waals surface area contributed by atoms with Crippen molar-refractivity contribution in [1.82, 2.24) is 14.4 Å². The average Bonchev–Trinajstić information content (AvgIpc) is 3.22. The number of amides is 2. The molecule has 2 aromatic carbocycles. The molecule has 0 unspecified atom stereocenters. The van der Waals surface area contributed by atoms with Crippen molar-refractivity contribution >= 4 is 39.3 Å². The summed E-state index contributed by atoms with van der Waals surface area (Å²) in [4.78, 5) is 27.5. The summed E-state index contributed by atoms with van der Waals surface area (Å²) < 4.78 is 5.78. The lowest BCUT2D eigenvalue weighted by Crippen LogP contribution is -2.55. The van der Waals surface area contributed by atoms with E-state index < -0.39 is 0 Å². The van der Waals surface area contributed by atoms with Gasteiger partial charge in [-0.2, -0.15) is 4.37 Å². The number of fused-ring (bicyclic) bond motifs is 2. The van der Waals surface area contributed by atoms with Crippen molar-refractivity contribution < 1.29 is 9.59 Å². The maximum absolute atomic E-state index is 12.6. The van der Waals surface area contributed by atoms with Crippen LogP contribution in [0.15, 0.2) is 48.5 Å². The van der Waals surface area contributed by atoms with Crippen LogP contribution in [0.1, 0.15) is 20.7 Å². The van der Waals surface area contributed by atoms with E-state index in [0.717, 1.165) is 24.3 Å². The number of carbonyl (C=O) groups excluding carboxylic acids is 2. The van der Waals surface area contributed by atoms with Crippen LogP contribution >= 0.6 is 11.5 Å². The van der Waals surface area contributed by atoms with E-state index in [9.17, 15) is 9.59 Å². The number of rotatable bonds is 2. The van der Waals surface area contributed by atoms with E-state index >= 15 is 0 Å². The smallest absolute Gasteiger partial charge is 0.276 e. The normalized spacial score (nSPS) is 18.0. The number of hydrazine groups is 1. The van der Waals surface area contributed by atoms with Gasteiger partial charge in [-0.1, -0.05) is 24.3 Å². The largest absolute Gasteiger partial charge is 0.353 e. The van der Waals surface area contributed by atoms with Gasteiger partial charge in [0.1, 0.15) is 5.82 Å². The Balaban J connectivity index is 1.35. The van der Waals surface area contributed by atoms with Crippen molar-refractivity contribution in [2.45, 2.75) is 0 Å². The van der Waals surface area contributed by atoms with E-state index in [4.69, 9.17) is 0 Å². The van der Waals surface area contributed by atoms with Crippen LogP contribution in [0.25, 0.3) is 10.1 Å². The Hall–Kier alpha value is -2.77. The lowest BCUT2D eigenvalue weighted by atomic mass is 10.1. The standard InChI is InChI=1S/C19H16N4O2S/c24-18-13-5-1-2-6-14(13)19(25)23(18)22-11-9-21(10-12-22)17-15-7-3-4-8-16(15)26-20-17/h1-8H,9-12H2. The summed E-state index contributed by atoms with van der Waals surface area (Å²) in [5, 5.41) is 4.32. The second-order valence-electron chi connectivity index (χ2n) is 6.41. The highest BCUT2D eigenvalue weighted by molar-refractivity contribution is 7.13. The van der Waals surface area contributed by atoms with E-state index in [-0.39, 0.29) is 11.8 Å². The van der Waals surface area contributed by atoms with Crippen molar-refractivity contribution in [2.75, 3.05) is 31.1 Å². The van der Waals surface area contributed by atoms with Gasteiger partial charge in [-0.15, -0.1) is 0 Å². The van der Waals surface area contributed by atoms with E-state index in [1.54, 1.807) is 24.3 Å². The van der Waals surface area contributed by atoms with Gasteiger partial charge >= 0.3 is 0 Å². The molecule has 0 radical (unpaired) electrons. The maximum Gasteiger partial charge on any atom is 0.276 e. The number of aromatic nitrogens is 1. The Morgan fingerprint density at radius 2 is 1.42 bits per heavy atom. The van der Waals surface area contributed by atoms with E-state index in [1.807, 2.05) is 17.1 Å². The molecule has 2 amide bonds. The van der Waals surface area contributed by atoms with Crippen molar-refractivity contribution in [1.29, 1.82) is 0 Å². The van der Waals surface area contributed by atoms with Gasteiger partial charge in [-0.3, -0.25) is 9.59 Å². The number of nitrogens with zero attached hydrogens (tertiary/aromatic N) is 4. The first-order valence-corrected chi connectivity index (χ1v) is 9.33. The molecule has 0 bridgehead atoms. The predicted octanol–water partition coefficient (Wildman–Crippen LogP) is 2.63. The molecule has 6 nitrogen and oxygen atoms in total. The summed E-state index contributed by atoms with van der Waals surface area (Å²) in [7, 11) is 0. The quantitative estimate of drug-likeness (QED) is 0.655. The molecule has 2 aliphatic rings. The average molecular weight is 364 g/mol. The molecule has 1 fully saturated rings. The van der Waals surface area contributed by atoms with Crippen LogP contribution in [-0.2, 0) is 0 Å². The van der Waals surface area contributed by atoms with Crippen LogP contribution in [0.3, 0.4) is 0 Å². The summed E-state index contributed by atoms with van der Waals surface area (Å²) in [6.07, 6.45) is 0. The lowest BCUT2D eigenvalue weighted by Gasteiger charge is -2.38. The van der Waals surface area contributed by atoms with Crippen molar-refractivity contribution in [2.24, 2.45) is 0 Å². The molecule has 3 aromatic rings. The molecule has 2 aliphatic heterocycles. The molecule has 3 heterocycles. The van der Waals surface area contributed by atoms with Crippen LogP contribution < -0.4 is 4.90 Å². The number of piperazine rings is 1. The molecule has 0 saturated carbocycles. The zero-order valence-corrected chi connectivity index (χ0v) is 14.8. The molecule has 0 N–H and O–H groups in total. The number of anilines is 1. The highest BCUT2D eigenvalue weighted by Gasteiger charge is 2.40. The third kappa shape index (κ3) is 2.24. The molecule has 1 aromatic heterocycles. The van der Waals surface area contributed by atoms with Crippen molar-refractivity contribution in [3.8, 4) is 0 Å². The Labute approximate surface area is 154 Å². The Morgan fingerprint density at radius 1 is 0.808 bits per heavy atom. The highest BCUT2D eigenvalue weighted by atomic mass is 32.1. The summed E-state index contributed by atoms with van der Waals surface area (Å²) in [5.41, 5.74) is 0.982. The monoisotopic (exact) mass is 364 g/mol. The molecule has 5 rings (SSSR count). The van der Waals surface area contributed by atoms with Gasteiger partial charge in [0.2, 0.25) is 0 Å². The maximum atomic E-state index is 12.6. The number of imide groups is 1. The van der Waals surface area contributed by atoms with Crippen molar-refractivity contribution in [3.63, 3.8) is 0 Å². The third-order valence-electron chi connectivity index (χ3n) is 4.97. The first-order valence-electron chi connectivity index (χ1n) is 8.56. The Bertz CT molecular complexity index is 988. The third-order valence-corrected chi connectivity index (χ3v) is 5.79. The SMILES string of the molecule is O=C1c2ccccc2C(=O)N1N1CCN(c2nsc3ccccc23)CC1. The van der Waals surface area contributed by atoms with Crippen LogP contribution in [0.2, 0.25) is 0 Å². The van der Waals surface area contributed by atoms with Gasteiger partial charge < -0.3 is 4.90 Å². The summed E-state index contributed by atoms with van der Waals surface area (Å²) in [5.74, 6) is 0.545. The topological polar surface area (TPSA) is 56.8 Å². The summed E-state index contributed by atoms with van der Waals surface area (Å²) >= 11 is 1.50. The molecule has 0 spiro atoms. The van der Waals surface area contributed by atoms with Gasteiger partial charge in [0.15, 0.2) is 0 Å². The van der Waals surface area contributed by atoms with Crippen molar-refractivity contribution in [3.05, 3.63) is 59.7 Å². The zero-order valence-electron chi connectivity index (χ0n) is 14.0. The minimum absolute atomic E-state index is 0.224. The first kappa shape index (κ1) is 15.5. The molecule has 26 heavy (non-hydrogen) atoms.